The second-order valence-corrected chi connectivity index (χ2v) is 7.77. The lowest BCUT2D eigenvalue weighted by Crippen LogP contribution is -2.34. The van der Waals surface area contributed by atoms with E-state index in [0.717, 1.165) is 57.4 Å². The number of hydrogen-bond acceptors (Lipinski definition) is 4. The van der Waals surface area contributed by atoms with Crippen molar-refractivity contribution < 1.29 is 19.1 Å². The lowest BCUT2D eigenvalue weighted by Gasteiger charge is -2.21. The third-order valence-corrected chi connectivity index (χ3v) is 5.32. The molecule has 1 fully saturated rings. The molecule has 0 bridgehead atoms. The molecule has 1 saturated carbocycles. The standard InChI is InChI=1S/C22H32N2O4/c1-3-14-24(15-4-2)21(26)9-7-8-20(25)23-17-10-11-18-19(16-17)28-22(27-18)12-5-6-13-22/h10-11,16H,3-9,12-15H2,1-2H3,(H,23,25). The zero-order valence-electron chi connectivity index (χ0n) is 17.1. The van der Waals surface area contributed by atoms with Gasteiger partial charge in [-0.25, -0.2) is 0 Å². The molecule has 1 heterocycles. The first kappa shape index (κ1) is 20.5. The van der Waals surface area contributed by atoms with Gasteiger partial charge in [0, 0.05) is 50.5 Å². The smallest absolute Gasteiger partial charge is 0.251 e. The van der Waals surface area contributed by atoms with Crippen molar-refractivity contribution in [3.8, 4) is 11.5 Å². The second-order valence-electron chi connectivity index (χ2n) is 7.77. The molecule has 0 unspecified atom stereocenters. The number of hydrogen-bond donors (Lipinski definition) is 1. The number of carbonyl (C=O) groups excluding carboxylic acids is 2. The number of nitrogens with zero attached hydrogens (tertiary/aromatic N) is 1. The van der Waals surface area contributed by atoms with Crippen molar-refractivity contribution in [1.29, 1.82) is 0 Å². The summed E-state index contributed by atoms with van der Waals surface area (Å²) in [5.74, 6) is 1.01. The quantitative estimate of drug-likeness (QED) is 0.677. The number of carbonyl (C=O) groups is 2. The summed E-state index contributed by atoms with van der Waals surface area (Å²) < 4.78 is 12.0. The van der Waals surface area contributed by atoms with Gasteiger partial charge in [-0.2, -0.15) is 0 Å². The fourth-order valence-corrected chi connectivity index (χ4v) is 3.97. The van der Waals surface area contributed by atoms with Crippen molar-refractivity contribution >= 4 is 17.5 Å². The lowest BCUT2D eigenvalue weighted by atomic mass is 10.2. The van der Waals surface area contributed by atoms with Crippen LogP contribution in [-0.4, -0.2) is 35.6 Å². The van der Waals surface area contributed by atoms with Gasteiger partial charge < -0.3 is 19.7 Å². The molecule has 0 radical (unpaired) electrons. The lowest BCUT2D eigenvalue weighted by molar-refractivity contribution is -0.131. The molecule has 0 saturated heterocycles. The van der Waals surface area contributed by atoms with E-state index >= 15 is 0 Å². The molecule has 1 aromatic carbocycles. The van der Waals surface area contributed by atoms with Crippen LogP contribution in [0, 0.1) is 0 Å². The highest BCUT2D eigenvalue weighted by Crippen LogP contribution is 2.47. The third-order valence-electron chi connectivity index (χ3n) is 5.32. The van der Waals surface area contributed by atoms with Gasteiger partial charge in [0.1, 0.15) is 0 Å². The predicted octanol–water partition coefficient (Wildman–Crippen LogP) is 4.49. The van der Waals surface area contributed by atoms with Gasteiger partial charge in [-0.05, 0) is 44.2 Å². The van der Waals surface area contributed by atoms with Gasteiger partial charge in [0.15, 0.2) is 11.5 Å². The van der Waals surface area contributed by atoms with Crippen LogP contribution < -0.4 is 14.8 Å². The van der Waals surface area contributed by atoms with Crippen LogP contribution in [-0.2, 0) is 9.59 Å². The van der Waals surface area contributed by atoms with E-state index in [4.69, 9.17) is 9.47 Å². The van der Waals surface area contributed by atoms with Gasteiger partial charge in [-0.1, -0.05) is 13.8 Å². The molecule has 154 valence electrons. The molecule has 2 amide bonds. The molecule has 1 spiro atoms. The van der Waals surface area contributed by atoms with Crippen LogP contribution >= 0.6 is 0 Å². The van der Waals surface area contributed by atoms with Gasteiger partial charge in [0.2, 0.25) is 11.8 Å². The van der Waals surface area contributed by atoms with E-state index in [-0.39, 0.29) is 11.8 Å². The molecule has 28 heavy (non-hydrogen) atoms. The van der Waals surface area contributed by atoms with Crippen LogP contribution in [0.3, 0.4) is 0 Å². The second kappa shape index (κ2) is 9.30. The molecule has 1 aromatic rings. The van der Waals surface area contributed by atoms with Crippen LogP contribution in [0.1, 0.15) is 71.6 Å². The number of anilines is 1. The monoisotopic (exact) mass is 388 g/mol. The van der Waals surface area contributed by atoms with Crippen molar-refractivity contribution in [2.45, 2.75) is 77.4 Å². The Kier molecular flexibility index (Phi) is 6.81. The van der Waals surface area contributed by atoms with E-state index in [1.165, 1.54) is 0 Å². The van der Waals surface area contributed by atoms with Crippen molar-refractivity contribution in [2.24, 2.45) is 0 Å². The first-order chi connectivity index (χ1) is 13.5. The van der Waals surface area contributed by atoms with E-state index in [1.54, 1.807) is 0 Å². The minimum atomic E-state index is -0.492. The first-order valence-corrected chi connectivity index (χ1v) is 10.6. The average Bonchev–Trinajstić information content (AvgIpc) is 3.27. The Morgan fingerprint density at radius 1 is 1.04 bits per heavy atom. The summed E-state index contributed by atoms with van der Waals surface area (Å²) in [6.45, 7) is 5.72. The van der Waals surface area contributed by atoms with E-state index < -0.39 is 5.79 Å². The fraction of sp³-hybridized carbons (Fsp3) is 0.636. The van der Waals surface area contributed by atoms with Gasteiger partial charge in [-0.15, -0.1) is 0 Å². The molecule has 0 aromatic heterocycles. The van der Waals surface area contributed by atoms with Gasteiger partial charge in [-0.3, -0.25) is 9.59 Å². The van der Waals surface area contributed by atoms with Crippen LogP contribution in [0.5, 0.6) is 11.5 Å². The number of nitrogens with one attached hydrogen (secondary N) is 1. The number of ether oxygens (including phenoxy) is 2. The minimum Gasteiger partial charge on any atom is -0.448 e. The summed E-state index contributed by atoms with van der Waals surface area (Å²) in [6, 6.07) is 5.52. The Bertz CT molecular complexity index is 692. The molecule has 2 aliphatic rings. The molecule has 3 rings (SSSR count). The normalized spacial score (nSPS) is 16.4. The Labute approximate surface area is 167 Å². The summed E-state index contributed by atoms with van der Waals surface area (Å²) >= 11 is 0. The maximum absolute atomic E-state index is 12.3. The van der Waals surface area contributed by atoms with Crippen LogP contribution in [0.4, 0.5) is 5.69 Å². The topological polar surface area (TPSA) is 67.9 Å². The predicted molar refractivity (Wildman–Crippen MR) is 109 cm³/mol. The Hall–Kier alpha value is -2.24. The third kappa shape index (κ3) is 4.97. The summed E-state index contributed by atoms with van der Waals surface area (Å²) in [5.41, 5.74) is 0.701. The SMILES string of the molecule is CCCN(CCC)C(=O)CCCC(=O)Nc1ccc2c(c1)OC1(CCCC1)O2. The summed E-state index contributed by atoms with van der Waals surface area (Å²) in [5, 5.41) is 2.90. The van der Waals surface area contributed by atoms with E-state index in [9.17, 15) is 9.59 Å². The molecule has 6 heteroatoms. The van der Waals surface area contributed by atoms with Crippen molar-refractivity contribution in [3.05, 3.63) is 18.2 Å². The maximum atomic E-state index is 12.3. The van der Waals surface area contributed by atoms with Crippen molar-refractivity contribution in [2.75, 3.05) is 18.4 Å². The minimum absolute atomic E-state index is 0.0835. The van der Waals surface area contributed by atoms with E-state index in [1.807, 2.05) is 23.1 Å². The molecule has 1 aliphatic carbocycles. The molecular formula is C22H32N2O4. The molecule has 0 atom stereocenters. The number of amides is 2. The van der Waals surface area contributed by atoms with E-state index in [2.05, 4.69) is 19.2 Å². The summed E-state index contributed by atoms with van der Waals surface area (Å²) in [4.78, 5) is 26.4. The van der Waals surface area contributed by atoms with Gasteiger partial charge in [0.05, 0.1) is 0 Å². The molecule has 1 N–H and O–H groups in total. The number of fused-ring (bicyclic) bond motifs is 1. The Morgan fingerprint density at radius 2 is 1.71 bits per heavy atom. The van der Waals surface area contributed by atoms with Crippen LogP contribution in [0.25, 0.3) is 0 Å². The Balaban J connectivity index is 1.45. The zero-order valence-corrected chi connectivity index (χ0v) is 17.1. The highest BCUT2D eigenvalue weighted by molar-refractivity contribution is 5.91. The summed E-state index contributed by atoms with van der Waals surface area (Å²) in [7, 11) is 0. The van der Waals surface area contributed by atoms with Gasteiger partial charge in [0.25, 0.3) is 5.79 Å². The van der Waals surface area contributed by atoms with Crippen molar-refractivity contribution in [1.82, 2.24) is 4.90 Å². The number of benzene rings is 1. The van der Waals surface area contributed by atoms with Gasteiger partial charge >= 0.3 is 0 Å². The Morgan fingerprint density at radius 3 is 2.39 bits per heavy atom. The first-order valence-electron chi connectivity index (χ1n) is 10.6. The van der Waals surface area contributed by atoms with E-state index in [0.29, 0.717) is 30.7 Å². The van der Waals surface area contributed by atoms with Crippen molar-refractivity contribution in [3.63, 3.8) is 0 Å². The molecule has 1 aliphatic heterocycles. The molecule has 6 nitrogen and oxygen atoms in total. The largest absolute Gasteiger partial charge is 0.448 e. The maximum Gasteiger partial charge on any atom is 0.251 e. The fourth-order valence-electron chi connectivity index (χ4n) is 3.97. The summed E-state index contributed by atoms with van der Waals surface area (Å²) in [6.07, 6.45) is 7.26. The average molecular weight is 389 g/mol. The highest BCUT2D eigenvalue weighted by Gasteiger charge is 2.44. The highest BCUT2D eigenvalue weighted by atomic mass is 16.7. The molecular weight excluding hydrogens is 356 g/mol. The zero-order chi connectivity index (χ0) is 20.0. The van der Waals surface area contributed by atoms with Crippen LogP contribution in [0.2, 0.25) is 0 Å². The van der Waals surface area contributed by atoms with Crippen LogP contribution in [0.15, 0.2) is 18.2 Å². The number of rotatable bonds is 9.